The first-order valence-electron chi connectivity index (χ1n) is 6.37. The maximum Gasteiger partial charge on any atom is 0.132 e. The summed E-state index contributed by atoms with van der Waals surface area (Å²) in [5.41, 5.74) is 4.21. The smallest absolute Gasteiger partial charge is 0.132 e. The SMILES string of the molecule is Cc1cncc(-c2ccnc(-c3ccccc3F)c2)c1. The summed E-state index contributed by atoms with van der Waals surface area (Å²) in [5, 5.41) is 0. The Morgan fingerprint density at radius 3 is 2.60 bits per heavy atom. The first-order valence-corrected chi connectivity index (χ1v) is 6.37. The summed E-state index contributed by atoms with van der Waals surface area (Å²) in [5.74, 6) is -0.264. The fourth-order valence-corrected chi connectivity index (χ4v) is 2.14. The lowest BCUT2D eigenvalue weighted by Crippen LogP contribution is -1.89. The third-order valence-corrected chi connectivity index (χ3v) is 3.12. The highest BCUT2D eigenvalue weighted by atomic mass is 19.1. The topological polar surface area (TPSA) is 25.8 Å². The third-order valence-electron chi connectivity index (χ3n) is 3.12. The van der Waals surface area contributed by atoms with Gasteiger partial charge in [-0.1, -0.05) is 12.1 Å². The van der Waals surface area contributed by atoms with E-state index in [0.717, 1.165) is 16.7 Å². The fourth-order valence-electron chi connectivity index (χ4n) is 2.14. The minimum Gasteiger partial charge on any atom is -0.264 e. The summed E-state index contributed by atoms with van der Waals surface area (Å²) in [4.78, 5) is 8.44. The highest BCUT2D eigenvalue weighted by molar-refractivity contribution is 5.70. The van der Waals surface area contributed by atoms with Gasteiger partial charge in [0.1, 0.15) is 5.82 Å². The van der Waals surface area contributed by atoms with E-state index < -0.39 is 0 Å². The van der Waals surface area contributed by atoms with Gasteiger partial charge in [-0.25, -0.2) is 4.39 Å². The molecule has 0 spiro atoms. The zero-order valence-electron chi connectivity index (χ0n) is 11.0. The molecule has 2 heterocycles. The quantitative estimate of drug-likeness (QED) is 0.691. The molecule has 3 heteroatoms. The lowest BCUT2D eigenvalue weighted by Gasteiger charge is -2.06. The molecule has 0 amide bonds. The van der Waals surface area contributed by atoms with Crippen LogP contribution in [0.5, 0.6) is 0 Å². The molecule has 20 heavy (non-hydrogen) atoms. The average molecular weight is 264 g/mol. The Hall–Kier alpha value is -2.55. The molecule has 0 saturated carbocycles. The van der Waals surface area contributed by atoms with Gasteiger partial charge in [0.2, 0.25) is 0 Å². The van der Waals surface area contributed by atoms with E-state index in [0.29, 0.717) is 11.3 Å². The van der Waals surface area contributed by atoms with Crippen LogP contribution in [0.2, 0.25) is 0 Å². The summed E-state index contributed by atoms with van der Waals surface area (Å²) in [7, 11) is 0. The molecule has 0 unspecified atom stereocenters. The predicted molar refractivity (Wildman–Crippen MR) is 77.6 cm³/mol. The van der Waals surface area contributed by atoms with E-state index in [1.165, 1.54) is 6.07 Å². The van der Waals surface area contributed by atoms with Gasteiger partial charge >= 0.3 is 0 Å². The van der Waals surface area contributed by atoms with Crippen molar-refractivity contribution in [1.82, 2.24) is 9.97 Å². The fraction of sp³-hybridized carbons (Fsp3) is 0.0588. The van der Waals surface area contributed by atoms with Crippen molar-refractivity contribution < 1.29 is 4.39 Å². The van der Waals surface area contributed by atoms with Crippen LogP contribution in [-0.4, -0.2) is 9.97 Å². The largest absolute Gasteiger partial charge is 0.264 e. The first-order chi connectivity index (χ1) is 9.74. The number of aryl methyl sites for hydroxylation is 1. The summed E-state index contributed by atoms with van der Waals surface area (Å²) in [6.07, 6.45) is 5.30. The number of hydrogen-bond donors (Lipinski definition) is 0. The maximum absolute atomic E-state index is 13.8. The van der Waals surface area contributed by atoms with E-state index in [-0.39, 0.29) is 5.82 Å². The summed E-state index contributed by atoms with van der Waals surface area (Å²) in [6, 6.07) is 12.5. The van der Waals surface area contributed by atoms with Gasteiger partial charge in [-0.3, -0.25) is 9.97 Å². The van der Waals surface area contributed by atoms with Crippen LogP contribution in [0.3, 0.4) is 0 Å². The number of hydrogen-bond acceptors (Lipinski definition) is 2. The molecule has 0 aliphatic carbocycles. The number of benzene rings is 1. The van der Waals surface area contributed by atoms with Crippen LogP contribution in [0.1, 0.15) is 5.56 Å². The second kappa shape index (κ2) is 5.21. The van der Waals surface area contributed by atoms with Crippen LogP contribution in [0, 0.1) is 12.7 Å². The molecule has 0 radical (unpaired) electrons. The van der Waals surface area contributed by atoms with Crippen molar-refractivity contribution in [1.29, 1.82) is 0 Å². The molecular weight excluding hydrogens is 251 g/mol. The molecule has 1 aromatic carbocycles. The molecular formula is C17H13FN2. The Kier molecular flexibility index (Phi) is 3.25. The molecule has 3 rings (SSSR count). The molecule has 0 aliphatic heterocycles. The minimum atomic E-state index is -0.264. The molecule has 3 aromatic rings. The van der Waals surface area contributed by atoms with Gasteiger partial charge in [-0.05, 0) is 48.4 Å². The summed E-state index contributed by atoms with van der Waals surface area (Å²) < 4.78 is 13.8. The second-order valence-electron chi connectivity index (χ2n) is 4.66. The molecule has 98 valence electrons. The Balaban J connectivity index is 2.09. The van der Waals surface area contributed by atoms with Gasteiger partial charge in [0.15, 0.2) is 0 Å². The number of pyridine rings is 2. The van der Waals surface area contributed by atoms with Crippen molar-refractivity contribution in [2.24, 2.45) is 0 Å². The molecule has 0 atom stereocenters. The van der Waals surface area contributed by atoms with Crippen LogP contribution in [0.4, 0.5) is 4.39 Å². The summed E-state index contributed by atoms with van der Waals surface area (Å²) >= 11 is 0. The van der Waals surface area contributed by atoms with Crippen molar-refractivity contribution in [2.75, 3.05) is 0 Å². The number of rotatable bonds is 2. The van der Waals surface area contributed by atoms with Crippen LogP contribution in [0.15, 0.2) is 61.1 Å². The second-order valence-corrected chi connectivity index (χ2v) is 4.66. The van der Waals surface area contributed by atoms with Gasteiger partial charge in [0, 0.05) is 29.7 Å². The normalized spacial score (nSPS) is 10.5. The van der Waals surface area contributed by atoms with E-state index in [9.17, 15) is 4.39 Å². The zero-order valence-corrected chi connectivity index (χ0v) is 11.0. The molecule has 2 aromatic heterocycles. The Bertz CT molecular complexity index is 753. The molecule has 0 bridgehead atoms. The van der Waals surface area contributed by atoms with Gasteiger partial charge in [-0.2, -0.15) is 0 Å². The number of aromatic nitrogens is 2. The van der Waals surface area contributed by atoms with Gasteiger partial charge in [0.25, 0.3) is 0 Å². The Morgan fingerprint density at radius 2 is 1.80 bits per heavy atom. The molecule has 0 N–H and O–H groups in total. The maximum atomic E-state index is 13.8. The Morgan fingerprint density at radius 1 is 0.950 bits per heavy atom. The standard InChI is InChI=1S/C17H13FN2/c1-12-8-14(11-19-10-12)13-6-7-20-17(9-13)15-4-2-3-5-16(15)18/h2-11H,1H3. The monoisotopic (exact) mass is 264 g/mol. The van der Waals surface area contributed by atoms with Gasteiger partial charge in [-0.15, -0.1) is 0 Å². The molecule has 0 aliphatic rings. The predicted octanol–water partition coefficient (Wildman–Crippen LogP) is 4.26. The first kappa shape index (κ1) is 12.5. The van der Waals surface area contributed by atoms with Crippen LogP contribution < -0.4 is 0 Å². The van der Waals surface area contributed by atoms with Crippen molar-refractivity contribution in [3.05, 3.63) is 72.4 Å². The van der Waals surface area contributed by atoms with Crippen molar-refractivity contribution in [3.8, 4) is 22.4 Å². The number of halogens is 1. The third kappa shape index (κ3) is 2.43. The van der Waals surface area contributed by atoms with Crippen LogP contribution >= 0.6 is 0 Å². The lowest BCUT2D eigenvalue weighted by atomic mass is 10.0. The molecule has 0 fully saturated rings. The van der Waals surface area contributed by atoms with E-state index >= 15 is 0 Å². The highest BCUT2D eigenvalue weighted by Crippen LogP contribution is 2.26. The molecule has 0 saturated heterocycles. The van der Waals surface area contributed by atoms with Crippen molar-refractivity contribution in [2.45, 2.75) is 6.92 Å². The Labute approximate surface area is 117 Å². The van der Waals surface area contributed by atoms with Gasteiger partial charge < -0.3 is 0 Å². The molecule has 2 nitrogen and oxygen atoms in total. The van der Waals surface area contributed by atoms with Crippen molar-refractivity contribution >= 4 is 0 Å². The van der Waals surface area contributed by atoms with E-state index in [1.807, 2.05) is 31.3 Å². The van der Waals surface area contributed by atoms with Crippen LogP contribution in [0.25, 0.3) is 22.4 Å². The van der Waals surface area contributed by atoms with Crippen molar-refractivity contribution in [3.63, 3.8) is 0 Å². The summed E-state index contributed by atoms with van der Waals surface area (Å²) in [6.45, 7) is 2.00. The zero-order chi connectivity index (χ0) is 13.9. The van der Waals surface area contributed by atoms with E-state index in [2.05, 4.69) is 9.97 Å². The average Bonchev–Trinajstić information content (AvgIpc) is 2.48. The highest BCUT2D eigenvalue weighted by Gasteiger charge is 2.07. The van der Waals surface area contributed by atoms with Gasteiger partial charge in [0.05, 0.1) is 5.69 Å². The lowest BCUT2D eigenvalue weighted by molar-refractivity contribution is 0.631. The minimum absolute atomic E-state index is 0.264. The van der Waals surface area contributed by atoms with E-state index in [1.54, 1.807) is 30.6 Å². The number of nitrogens with zero attached hydrogens (tertiary/aromatic N) is 2. The van der Waals surface area contributed by atoms with Crippen LogP contribution in [-0.2, 0) is 0 Å². The van der Waals surface area contributed by atoms with E-state index in [4.69, 9.17) is 0 Å².